The van der Waals surface area contributed by atoms with E-state index in [2.05, 4.69) is 5.32 Å². The summed E-state index contributed by atoms with van der Waals surface area (Å²) in [6.45, 7) is 1.79. The molecule has 0 fully saturated rings. The summed E-state index contributed by atoms with van der Waals surface area (Å²) in [7, 11) is 0. The minimum atomic E-state index is -0.985. The molecule has 1 atom stereocenters. The van der Waals surface area contributed by atoms with Crippen molar-refractivity contribution in [2.45, 2.75) is 12.8 Å². The monoisotopic (exact) mass is 191 g/mol. The normalized spacial score (nSPS) is 18.9. The molecule has 4 heteroatoms. The van der Waals surface area contributed by atoms with Crippen LogP contribution in [0, 0.1) is 0 Å². The summed E-state index contributed by atoms with van der Waals surface area (Å²) in [4.78, 5) is 21.9. The summed E-state index contributed by atoms with van der Waals surface area (Å²) >= 11 is 0. The molecule has 0 radical (unpaired) electrons. The highest BCUT2D eigenvalue weighted by molar-refractivity contribution is 6.04. The molecular formula is C10H9NO3. The molecule has 1 aromatic rings. The van der Waals surface area contributed by atoms with E-state index in [4.69, 9.17) is 5.11 Å². The van der Waals surface area contributed by atoms with Gasteiger partial charge in [0.1, 0.15) is 0 Å². The first kappa shape index (κ1) is 8.74. The molecule has 1 unspecified atom stereocenters. The lowest BCUT2D eigenvalue weighted by atomic mass is 10.0. The number of hydrogen-bond donors (Lipinski definition) is 2. The summed E-state index contributed by atoms with van der Waals surface area (Å²) in [5.41, 5.74) is 1.67. The van der Waals surface area contributed by atoms with Gasteiger partial charge in [0.2, 0.25) is 5.91 Å². The zero-order chi connectivity index (χ0) is 10.3. The Kier molecular flexibility index (Phi) is 1.77. The highest BCUT2D eigenvalue weighted by Gasteiger charge is 2.26. The first-order chi connectivity index (χ1) is 6.59. The number of rotatable bonds is 1. The minimum absolute atomic E-state index is 0.0810. The van der Waals surface area contributed by atoms with Crippen molar-refractivity contribution in [1.82, 2.24) is 0 Å². The Balaban J connectivity index is 2.49. The van der Waals surface area contributed by atoms with Crippen LogP contribution in [0.25, 0.3) is 0 Å². The molecule has 2 rings (SSSR count). The zero-order valence-electron chi connectivity index (χ0n) is 7.57. The van der Waals surface area contributed by atoms with Crippen LogP contribution in [0.1, 0.15) is 28.8 Å². The van der Waals surface area contributed by atoms with Gasteiger partial charge in [0.05, 0.1) is 11.5 Å². The van der Waals surface area contributed by atoms with Gasteiger partial charge in [-0.25, -0.2) is 4.79 Å². The van der Waals surface area contributed by atoms with E-state index in [9.17, 15) is 9.59 Å². The number of hydrogen-bond acceptors (Lipinski definition) is 2. The highest BCUT2D eigenvalue weighted by atomic mass is 16.4. The van der Waals surface area contributed by atoms with Gasteiger partial charge in [0.15, 0.2) is 0 Å². The molecule has 1 heterocycles. The maximum atomic E-state index is 11.3. The molecule has 4 nitrogen and oxygen atoms in total. The van der Waals surface area contributed by atoms with Crippen molar-refractivity contribution in [3.8, 4) is 0 Å². The average Bonchev–Trinajstić information content (AvgIpc) is 2.42. The van der Waals surface area contributed by atoms with Crippen LogP contribution in [-0.2, 0) is 4.79 Å². The van der Waals surface area contributed by atoms with Crippen molar-refractivity contribution in [1.29, 1.82) is 0 Å². The molecule has 1 aromatic carbocycles. The van der Waals surface area contributed by atoms with Crippen LogP contribution in [-0.4, -0.2) is 17.0 Å². The van der Waals surface area contributed by atoms with Crippen molar-refractivity contribution in [3.05, 3.63) is 29.3 Å². The lowest BCUT2D eigenvalue weighted by molar-refractivity contribution is -0.116. The Morgan fingerprint density at radius 2 is 2.21 bits per heavy atom. The van der Waals surface area contributed by atoms with Gasteiger partial charge in [-0.3, -0.25) is 4.79 Å². The van der Waals surface area contributed by atoms with E-state index in [0.717, 1.165) is 5.56 Å². The Bertz CT molecular complexity index is 425. The molecule has 0 saturated carbocycles. The van der Waals surface area contributed by atoms with Gasteiger partial charge in [-0.1, -0.05) is 6.07 Å². The average molecular weight is 191 g/mol. The third kappa shape index (κ3) is 1.16. The number of carbonyl (C=O) groups excluding carboxylic acids is 1. The molecule has 1 aliphatic rings. The summed E-state index contributed by atoms with van der Waals surface area (Å²) in [6, 6.07) is 4.68. The van der Waals surface area contributed by atoms with E-state index in [-0.39, 0.29) is 17.4 Å². The molecular weight excluding hydrogens is 182 g/mol. The lowest BCUT2D eigenvalue weighted by Crippen LogP contribution is -2.08. The van der Waals surface area contributed by atoms with Crippen LogP contribution in [0.2, 0.25) is 0 Å². The summed E-state index contributed by atoms with van der Waals surface area (Å²) in [5.74, 6) is -1.25. The molecule has 0 aromatic heterocycles. The van der Waals surface area contributed by atoms with Crippen LogP contribution in [0.5, 0.6) is 0 Å². The number of anilines is 1. The predicted octanol–water partition coefficient (Wildman–Crippen LogP) is 1.44. The van der Waals surface area contributed by atoms with E-state index < -0.39 is 5.97 Å². The van der Waals surface area contributed by atoms with E-state index in [1.54, 1.807) is 13.0 Å². The second-order valence-electron chi connectivity index (χ2n) is 3.32. The number of carboxylic acids is 1. The Labute approximate surface area is 80.6 Å². The first-order valence-corrected chi connectivity index (χ1v) is 4.27. The van der Waals surface area contributed by atoms with Crippen LogP contribution in [0.15, 0.2) is 18.2 Å². The number of benzene rings is 1. The Morgan fingerprint density at radius 1 is 1.50 bits per heavy atom. The van der Waals surface area contributed by atoms with Crippen molar-refractivity contribution in [2.24, 2.45) is 0 Å². The van der Waals surface area contributed by atoms with E-state index in [1.165, 1.54) is 12.1 Å². The van der Waals surface area contributed by atoms with Crippen LogP contribution >= 0.6 is 0 Å². The third-order valence-corrected chi connectivity index (χ3v) is 2.42. The molecule has 0 bridgehead atoms. The molecule has 2 N–H and O–H groups in total. The first-order valence-electron chi connectivity index (χ1n) is 4.27. The second-order valence-corrected chi connectivity index (χ2v) is 3.32. The van der Waals surface area contributed by atoms with E-state index in [1.807, 2.05) is 0 Å². The Hall–Kier alpha value is -1.84. The lowest BCUT2D eigenvalue weighted by Gasteiger charge is -2.01. The van der Waals surface area contributed by atoms with Gasteiger partial charge in [-0.15, -0.1) is 0 Å². The number of nitrogens with one attached hydrogen (secondary N) is 1. The van der Waals surface area contributed by atoms with Crippen molar-refractivity contribution in [2.75, 3.05) is 5.32 Å². The van der Waals surface area contributed by atoms with Gasteiger partial charge >= 0.3 is 5.97 Å². The number of aromatic carboxylic acids is 1. The smallest absolute Gasteiger partial charge is 0.335 e. The van der Waals surface area contributed by atoms with Gasteiger partial charge in [-0.2, -0.15) is 0 Å². The maximum absolute atomic E-state index is 11.3. The number of fused-ring (bicyclic) bond motifs is 1. The molecule has 0 saturated heterocycles. The molecule has 14 heavy (non-hydrogen) atoms. The van der Waals surface area contributed by atoms with Gasteiger partial charge in [-0.05, 0) is 24.6 Å². The summed E-state index contributed by atoms with van der Waals surface area (Å²) in [6.07, 6.45) is 0. The highest BCUT2D eigenvalue weighted by Crippen LogP contribution is 2.32. The minimum Gasteiger partial charge on any atom is -0.478 e. The van der Waals surface area contributed by atoms with Crippen LogP contribution in [0.4, 0.5) is 5.69 Å². The van der Waals surface area contributed by atoms with Crippen molar-refractivity contribution >= 4 is 17.6 Å². The summed E-state index contributed by atoms with van der Waals surface area (Å²) in [5, 5.41) is 11.4. The fourth-order valence-corrected chi connectivity index (χ4v) is 1.56. The Morgan fingerprint density at radius 3 is 2.86 bits per heavy atom. The molecule has 0 spiro atoms. The topological polar surface area (TPSA) is 66.4 Å². The van der Waals surface area contributed by atoms with Crippen LogP contribution < -0.4 is 5.32 Å². The fourth-order valence-electron chi connectivity index (χ4n) is 1.56. The van der Waals surface area contributed by atoms with Crippen LogP contribution in [0.3, 0.4) is 0 Å². The molecule has 1 aliphatic heterocycles. The standard InChI is InChI=1S/C10H9NO3/c1-5-7-3-2-6(10(13)14)4-8(7)11-9(5)12/h2-5H,1H3,(H,11,12)(H,13,14). The van der Waals surface area contributed by atoms with Gasteiger partial charge in [0.25, 0.3) is 0 Å². The number of carboxylic acid groups (broad SMARTS) is 1. The predicted molar refractivity (Wildman–Crippen MR) is 50.4 cm³/mol. The zero-order valence-corrected chi connectivity index (χ0v) is 7.57. The maximum Gasteiger partial charge on any atom is 0.335 e. The van der Waals surface area contributed by atoms with Crippen molar-refractivity contribution in [3.63, 3.8) is 0 Å². The van der Waals surface area contributed by atoms with Gasteiger partial charge in [0, 0.05) is 5.69 Å². The fraction of sp³-hybridized carbons (Fsp3) is 0.200. The second kappa shape index (κ2) is 2.83. The molecule has 1 amide bonds. The number of carbonyl (C=O) groups is 2. The molecule has 0 aliphatic carbocycles. The molecule has 72 valence electrons. The number of amides is 1. The quantitative estimate of drug-likeness (QED) is 0.705. The van der Waals surface area contributed by atoms with E-state index >= 15 is 0 Å². The summed E-state index contributed by atoms with van der Waals surface area (Å²) < 4.78 is 0. The van der Waals surface area contributed by atoms with Crippen molar-refractivity contribution < 1.29 is 14.7 Å². The largest absolute Gasteiger partial charge is 0.478 e. The van der Waals surface area contributed by atoms with E-state index in [0.29, 0.717) is 5.69 Å². The SMILES string of the molecule is CC1C(=O)Nc2cc(C(=O)O)ccc21. The van der Waals surface area contributed by atoms with Gasteiger partial charge < -0.3 is 10.4 Å². The third-order valence-electron chi connectivity index (χ3n) is 2.42.